The highest BCUT2D eigenvalue weighted by Crippen LogP contribution is 2.39. The molecule has 0 spiro atoms. The monoisotopic (exact) mass is 804 g/mol. The number of thiophene rings is 1. The number of sulfone groups is 1. The standard InChI is InChI=1S/C33H39F3N4O10S3/c1-21-5-3-8-24(28(21)22-6-4-7-23(19-22)53(44,45)26-20-25(29(37)38)52-30(26)51-2)40-32(43)39-10-12-47-14-16-49-18-17-48-15-13-46-11-9-27(41)50-31(42)33(34,35)36/h3-8,19-20H,9-18H2,1-2H3,(H3,37,38)(H2,39,40,43). The quantitative estimate of drug-likeness (QED) is 0.0287. The van der Waals surface area contributed by atoms with Crippen molar-refractivity contribution < 1.29 is 59.7 Å². The van der Waals surface area contributed by atoms with Crippen LogP contribution in [0.3, 0.4) is 0 Å². The maximum Gasteiger partial charge on any atom is 0.491 e. The number of carbonyl (C=O) groups is 3. The molecule has 0 radical (unpaired) electrons. The fourth-order valence-corrected chi connectivity index (χ4v) is 8.36. The normalized spacial score (nSPS) is 11.6. The zero-order valence-corrected chi connectivity index (χ0v) is 31.2. The summed E-state index contributed by atoms with van der Waals surface area (Å²) in [6.45, 7) is 3.19. The highest BCUT2D eigenvalue weighted by atomic mass is 32.2. The number of ether oxygens (including phenoxy) is 5. The summed E-state index contributed by atoms with van der Waals surface area (Å²) in [5.41, 5.74) is 8.13. The van der Waals surface area contributed by atoms with Crippen LogP contribution in [0.2, 0.25) is 0 Å². The van der Waals surface area contributed by atoms with Gasteiger partial charge < -0.3 is 40.1 Å². The Hall–Kier alpha value is -4.05. The maximum absolute atomic E-state index is 13.7. The van der Waals surface area contributed by atoms with E-state index in [0.717, 1.165) is 16.9 Å². The van der Waals surface area contributed by atoms with Crippen molar-refractivity contribution in [1.29, 1.82) is 5.41 Å². The minimum absolute atomic E-state index is 0.0590. The van der Waals surface area contributed by atoms with E-state index in [1.54, 1.807) is 36.6 Å². The predicted octanol–water partition coefficient (Wildman–Crippen LogP) is 4.77. The second-order valence-corrected chi connectivity index (χ2v) is 14.8. The third-order valence-corrected chi connectivity index (χ3v) is 11.2. The number of rotatable bonds is 21. The van der Waals surface area contributed by atoms with E-state index in [1.165, 1.54) is 23.9 Å². The van der Waals surface area contributed by atoms with Crippen molar-refractivity contribution in [2.75, 3.05) is 71.0 Å². The first-order chi connectivity index (χ1) is 25.1. The van der Waals surface area contributed by atoms with Gasteiger partial charge in [-0.1, -0.05) is 24.3 Å². The molecule has 0 aliphatic carbocycles. The first-order valence-corrected chi connectivity index (χ1v) is 19.3. The highest BCUT2D eigenvalue weighted by Gasteiger charge is 2.42. The average molecular weight is 805 g/mol. The second-order valence-electron chi connectivity index (χ2n) is 10.7. The van der Waals surface area contributed by atoms with Gasteiger partial charge in [-0.2, -0.15) is 13.2 Å². The van der Waals surface area contributed by atoms with Gasteiger partial charge in [0, 0.05) is 12.1 Å². The summed E-state index contributed by atoms with van der Waals surface area (Å²) in [4.78, 5) is 35.0. The number of nitrogens with two attached hydrogens (primary N) is 1. The maximum atomic E-state index is 13.7. The van der Waals surface area contributed by atoms with Gasteiger partial charge in [0.05, 0.1) is 83.8 Å². The van der Waals surface area contributed by atoms with Gasteiger partial charge in [0.15, 0.2) is 0 Å². The van der Waals surface area contributed by atoms with Crippen molar-refractivity contribution in [1.82, 2.24) is 5.32 Å². The molecule has 0 atom stereocenters. The van der Waals surface area contributed by atoms with Crippen molar-refractivity contribution >= 4 is 62.4 Å². The van der Waals surface area contributed by atoms with Gasteiger partial charge in [-0.15, -0.1) is 23.1 Å². The van der Waals surface area contributed by atoms with Crippen LogP contribution in [0.5, 0.6) is 0 Å². The number of urea groups is 1. The van der Waals surface area contributed by atoms with E-state index in [2.05, 4.69) is 15.4 Å². The van der Waals surface area contributed by atoms with Gasteiger partial charge in [0.2, 0.25) is 9.84 Å². The molecule has 53 heavy (non-hydrogen) atoms. The topological polar surface area (TPSA) is 205 Å². The fraction of sp³-hybridized carbons (Fsp3) is 0.394. The Bertz CT molecular complexity index is 1840. The van der Waals surface area contributed by atoms with E-state index in [9.17, 15) is 36.0 Å². The number of amidine groups is 1. The number of nitrogen functional groups attached to an aromatic ring is 1. The lowest BCUT2D eigenvalue weighted by molar-refractivity contribution is -0.202. The molecule has 0 fully saturated rings. The van der Waals surface area contributed by atoms with Gasteiger partial charge in [-0.3, -0.25) is 10.2 Å². The molecule has 0 bridgehead atoms. The van der Waals surface area contributed by atoms with Crippen LogP contribution in [0.25, 0.3) is 11.1 Å². The summed E-state index contributed by atoms with van der Waals surface area (Å²) in [5.74, 6) is -4.13. The third-order valence-electron chi connectivity index (χ3n) is 6.90. The number of aryl methyl sites for hydroxylation is 1. The van der Waals surface area contributed by atoms with Crippen LogP contribution in [-0.4, -0.2) is 104 Å². The number of halogens is 3. The molecule has 0 unspecified atom stereocenters. The van der Waals surface area contributed by atoms with E-state index in [1.807, 2.05) is 13.0 Å². The molecule has 290 valence electrons. The largest absolute Gasteiger partial charge is 0.491 e. The SMILES string of the molecule is CSc1sc(C(=N)N)cc1S(=O)(=O)c1cccc(-c2c(C)cccc2NC(=O)NCCOCCOCCOCCOCCC(=O)OC(=O)C(F)(F)F)c1. The van der Waals surface area contributed by atoms with Crippen molar-refractivity contribution in [3.63, 3.8) is 0 Å². The number of hydrogen-bond donors (Lipinski definition) is 4. The Morgan fingerprint density at radius 2 is 1.51 bits per heavy atom. The zero-order valence-electron chi connectivity index (χ0n) is 28.7. The van der Waals surface area contributed by atoms with E-state index in [4.69, 9.17) is 30.1 Å². The number of amides is 2. The van der Waals surface area contributed by atoms with Crippen molar-refractivity contribution in [3.05, 3.63) is 59.0 Å². The van der Waals surface area contributed by atoms with Crippen molar-refractivity contribution in [3.8, 4) is 11.1 Å². The number of benzene rings is 2. The summed E-state index contributed by atoms with van der Waals surface area (Å²) in [6.07, 6.45) is -4.01. The summed E-state index contributed by atoms with van der Waals surface area (Å²) in [7, 11) is -3.95. The van der Waals surface area contributed by atoms with Crippen LogP contribution in [0.4, 0.5) is 23.7 Å². The van der Waals surface area contributed by atoms with E-state index < -0.39 is 40.4 Å². The Morgan fingerprint density at radius 1 is 0.906 bits per heavy atom. The molecule has 2 amide bonds. The number of thioether (sulfide) groups is 1. The van der Waals surface area contributed by atoms with Crippen LogP contribution in [0, 0.1) is 12.3 Å². The lowest BCUT2D eigenvalue weighted by Gasteiger charge is -2.16. The van der Waals surface area contributed by atoms with Gasteiger partial charge in [-0.25, -0.2) is 18.0 Å². The van der Waals surface area contributed by atoms with Gasteiger partial charge >= 0.3 is 24.1 Å². The molecule has 14 nitrogen and oxygen atoms in total. The number of anilines is 1. The molecule has 1 aromatic heterocycles. The smallest absolute Gasteiger partial charge is 0.386 e. The molecule has 0 aliphatic heterocycles. The predicted molar refractivity (Wildman–Crippen MR) is 191 cm³/mol. The van der Waals surface area contributed by atoms with Gasteiger partial charge in [0.1, 0.15) is 5.84 Å². The van der Waals surface area contributed by atoms with Crippen LogP contribution in [0.1, 0.15) is 16.9 Å². The summed E-state index contributed by atoms with van der Waals surface area (Å²) < 4.78 is 88.8. The Labute approximate surface area is 312 Å². The number of alkyl halides is 3. The number of hydrogen-bond acceptors (Lipinski definition) is 13. The van der Waals surface area contributed by atoms with Crippen molar-refractivity contribution in [2.24, 2.45) is 5.73 Å². The minimum Gasteiger partial charge on any atom is -0.386 e. The summed E-state index contributed by atoms with van der Waals surface area (Å²) >= 11 is 2.41. The lowest BCUT2D eigenvalue weighted by Crippen LogP contribution is -2.32. The summed E-state index contributed by atoms with van der Waals surface area (Å²) in [5, 5.41) is 13.3. The molecule has 3 aromatic rings. The molecule has 0 saturated carbocycles. The lowest BCUT2D eigenvalue weighted by atomic mass is 9.98. The molecule has 1 heterocycles. The van der Waals surface area contributed by atoms with Crippen LogP contribution in [0.15, 0.2) is 62.5 Å². The second kappa shape index (κ2) is 21.0. The third kappa shape index (κ3) is 13.7. The molecule has 0 aliphatic rings. The Morgan fingerprint density at radius 3 is 2.11 bits per heavy atom. The van der Waals surface area contributed by atoms with E-state index in [0.29, 0.717) is 25.9 Å². The molecule has 2 aromatic carbocycles. The van der Waals surface area contributed by atoms with E-state index in [-0.39, 0.29) is 75.0 Å². The van der Waals surface area contributed by atoms with Gasteiger partial charge in [0.25, 0.3) is 0 Å². The first kappa shape index (κ1) is 43.4. The average Bonchev–Trinajstić information content (AvgIpc) is 3.56. The number of nitrogens with one attached hydrogen (secondary N) is 3. The minimum atomic E-state index is -5.24. The van der Waals surface area contributed by atoms with Crippen LogP contribution >= 0.6 is 23.1 Å². The van der Waals surface area contributed by atoms with Crippen LogP contribution in [-0.2, 0) is 43.1 Å². The number of esters is 2. The molecule has 20 heteroatoms. The highest BCUT2D eigenvalue weighted by molar-refractivity contribution is 8.01. The Kier molecular flexibility index (Phi) is 17.2. The Balaban J connectivity index is 1.35. The zero-order chi connectivity index (χ0) is 39.0. The molecular weight excluding hydrogens is 766 g/mol. The van der Waals surface area contributed by atoms with Gasteiger partial charge in [-0.05, 0) is 48.6 Å². The van der Waals surface area contributed by atoms with Crippen LogP contribution < -0.4 is 16.4 Å². The molecular formula is C33H39F3N4O10S3. The molecule has 5 N–H and O–H groups in total. The fourth-order valence-electron chi connectivity index (χ4n) is 4.45. The molecule has 0 saturated heterocycles. The summed E-state index contributed by atoms with van der Waals surface area (Å²) in [6, 6.07) is 12.7. The van der Waals surface area contributed by atoms with E-state index >= 15 is 0 Å². The first-order valence-electron chi connectivity index (χ1n) is 15.8. The van der Waals surface area contributed by atoms with Crippen molar-refractivity contribution in [2.45, 2.75) is 33.5 Å². The molecule has 3 rings (SSSR count). The number of carbonyl (C=O) groups excluding carboxylic acids is 3.